The zero-order chi connectivity index (χ0) is 16.4. The molecule has 0 amide bonds. The highest BCUT2D eigenvalue weighted by Gasteiger charge is 2.17. The number of aliphatic hydroxyl groups is 1. The molecule has 3 rings (SSSR count). The summed E-state index contributed by atoms with van der Waals surface area (Å²) in [5.74, 6) is -3.60. The fourth-order valence-corrected chi connectivity index (χ4v) is 2.30. The minimum atomic E-state index is -1.53. The maximum absolute atomic E-state index is 13.3. The average Bonchev–Trinajstić information content (AvgIpc) is 2.96. The van der Waals surface area contributed by atoms with Crippen LogP contribution in [-0.2, 0) is 6.54 Å². The van der Waals surface area contributed by atoms with Crippen LogP contribution in [0.1, 0.15) is 17.3 Å². The second-order valence-corrected chi connectivity index (χ2v) is 4.95. The molecule has 8 heteroatoms. The van der Waals surface area contributed by atoms with E-state index in [-0.39, 0.29) is 12.1 Å². The van der Waals surface area contributed by atoms with Crippen LogP contribution in [0.5, 0.6) is 0 Å². The van der Waals surface area contributed by atoms with Crippen LogP contribution in [0.2, 0.25) is 0 Å². The molecule has 3 aromatic rings. The van der Waals surface area contributed by atoms with Crippen molar-refractivity contribution in [1.29, 1.82) is 0 Å². The lowest BCUT2D eigenvalue weighted by Gasteiger charge is -2.17. The molecular weight excluding hydrogens is 309 g/mol. The van der Waals surface area contributed by atoms with Gasteiger partial charge in [0.1, 0.15) is 0 Å². The third kappa shape index (κ3) is 3.03. The van der Waals surface area contributed by atoms with E-state index in [0.29, 0.717) is 5.78 Å². The lowest BCUT2D eigenvalue weighted by molar-refractivity contribution is 0.242. The lowest BCUT2D eigenvalue weighted by atomic mass is 10.1. The van der Waals surface area contributed by atoms with E-state index >= 15 is 0 Å². The zero-order valence-electron chi connectivity index (χ0n) is 11.9. The fraction of sp³-hybridized carbons (Fsp3) is 0.200. The van der Waals surface area contributed by atoms with E-state index in [0.717, 1.165) is 17.8 Å². The smallest absolute Gasteiger partial charge is 0.233 e. The highest BCUT2D eigenvalue weighted by atomic mass is 19.2. The molecule has 23 heavy (non-hydrogen) atoms. The molecule has 2 N–H and O–H groups in total. The number of rotatable bonds is 5. The second-order valence-electron chi connectivity index (χ2n) is 4.95. The Bertz CT molecular complexity index is 813. The Hall–Kier alpha value is -2.45. The molecule has 0 aliphatic carbocycles. The molecule has 0 saturated carbocycles. The van der Waals surface area contributed by atoms with Gasteiger partial charge in [-0.15, -0.1) is 0 Å². The van der Waals surface area contributed by atoms with Crippen molar-refractivity contribution >= 4 is 5.78 Å². The third-order valence-electron chi connectivity index (χ3n) is 3.49. The van der Waals surface area contributed by atoms with Gasteiger partial charge < -0.3 is 10.4 Å². The Labute approximate surface area is 129 Å². The molecule has 1 atom stereocenters. The summed E-state index contributed by atoms with van der Waals surface area (Å²) in [5, 5.41) is 12.4. The molecule has 1 aromatic carbocycles. The van der Waals surface area contributed by atoms with Crippen molar-refractivity contribution in [2.45, 2.75) is 12.6 Å². The molecule has 0 bridgehead atoms. The molecule has 120 valence electrons. The molecule has 5 nitrogen and oxygen atoms in total. The molecule has 0 aliphatic rings. The van der Waals surface area contributed by atoms with E-state index in [1.807, 2.05) is 0 Å². The summed E-state index contributed by atoms with van der Waals surface area (Å²) >= 11 is 0. The quantitative estimate of drug-likeness (QED) is 0.705. The van der Waals surface area contributed by atoms with Crippen LogP contribution in [0, 0.1) is 17.5 Å². The van der Waals surface area contributed by atoms with Crippen LogP contribution in [0.25, 0.3) is 5.78 Å². The van der Waals surface area contributed by atoms with Gasteiger partial charge in [-0.2, -0.15) is 0 Å². The first-order valence-corrected chi connectivity index (χ1v) is 6.85. The standard InChI is InChI=1S/C15H13F3N4O/c16-11-4-9(5-12(17)14(11)18)13(8-23)20-6-10-7-21-15-19-2-1-3-22(10)15/h1-5,7,13,20,23H,6,8H2. The van der Waals surface area contributed by atoms with E-state index in [1.165, 1.54) is 0 Å². The Balaban J connectivity index is 1.80. The van der Waals surface area contributed by atoms with E-state index in [2.05, 4.69) is 15.3 Å². The van der Waals surface area contributed by atoms with Crippen molar-refractivity contribution in [2.24, 2.45) is 0 Å². The fourth-order valence-electron chi connectivity index (χ4n) is 2.30. The number of nitrogens with one attached hydrogen (secondary N) is 1. The van der Waals surface area contributed by atoms with Gasteiger partial charge in [-0.1, -0.05) is 0 Å². The maximum atomic E-state index is 13.3. The summed E-state index contributed by atoms with van der Waals surface area (Å²) in [6.07, 6.45) is 4.99. The minimum absolute atomic E-state index is 0.121. The first-order chi connectivity index (χ1) is 11.1. The van der Waals surface area contributed by atoms with E-state index in [4.69, 9.17) is 0 Å². The molecule has 2 aromatic heterocycles. The number of aliphatic hydroxyl groups excluding tert-OH is 1. The van der Waals surface area contributed by atoms with Gasteiger partial charge in [0.2, 0.25) is 5.78 Å². The first-order valence-electron chi connectivity index (χ1n) is 6.85. The SMILES string of the molecule is OCC(NCc1cnc2ncccn12)c1cc(F)c(F)c(F)c1. The number of fused-ring (bicyclic) bond motifs is 1. The highest BCUT2D eigenvalue weighted by Crippen LogP contribution is 2.19. The summed E-state index contributed by atoms with van der Waals surface area (Å²) in [7, 11) is 0. The number of benzene rings is 1. The van der Waals surface area contributed by atoms with Crippen molar-refractivity contribution in [1.82, 2.24) is 19.7 Å². The summed E-state index contributed by atoms with van der Waals surface area (Å²) in [4.78, 5) is 8.19. The van der Waals surface area contributed by atoms with Gasteiger partial charge in [0.05, 0.1) is 24.5 Å². The van der Waals surface area contributed by atoms with Crippen molar-refractivity contribution < 1.29 is 18.3 Å². The average molecular weight is 322 g/mol. The molecule has 1 unspecified atom stereocenters. The van der Waals surface area contributed by atoms with Crippen molar-refractivity contribution in [3.8, 4) is 0 Å². The Morgan fingerprint density at radius 1 is 1.17 bits per heavy atom. The molecule has 0 fully saturated rings. The van der Waals surface area contributed by atoms with Gasteiger partial charge in [0.25, 0.3) is 0 Å². The molecule has 2 heterocycles. The number of hydrogen-bond acceptors (Lipinski definition) is 4. The predicted molar refractivity (Wildman–Crippen MR) is 76.0 cm³/mol. The summed E-state index contributed by atoms with van der Waals surface area (Å²) in [5.41, 5.74) is 0.880. The number of aromatic nitrogens is 3. The normalized spacial score (nSPS) is 12.7. The van der Waals surface area contributed by atoms with E-state index in [9.17, 15) is 18.3 Å². The number of nitrogens with zero attached hydrogens (tertiary/aromatic N) is 3. The van der Waals surface area contributed by atoms with Gasteiger partial charge in [-0.05, 0) is 23.8 Å². The highest BCUT2D eigenvalue weighted by molar-refractivity contribution is 5.30. The lowest BCUT2D eigenvalue weighted by Crippen LogP contribution is -2.25. The van der Waals surface area contributed by atoms with Crippen LogP contribution in [0.4, 0.5) is 13.2 Å². The summed E-state index contributed by atoms with van der Waals surface area (Å²) in [6, 6.07) is 2.72. The number of imidazole rings is 1. The van der Waals surface area contributed by atoms with Crippen LogP contribution in [0.15, 0.2) is 36.8 Å². The summed E-state index contributed by atoms with van der Waals surface area (Å²) in [6.45, 7) is -0.127. The Morgan fingerprint density at radius 3 is 2.61 bits per heavy atom. The zero-order valence-corrected chi connectivity index (χ0v) is 11.9. The molecule has 0 saturated heterocycles. The molecule has 0 aliphatic heterocycles. The Kier molecular flexibility index (Phi) is 4.26. The predicted octanol–water partition coefficient (Wildman–Crippen LogP) is 1.97. The van der Waals surface area contributed by atoms with Gasteiger partial charge in [-0.25, -0.2) is 23.1 Å². The molecular formula is C15H13F3N4O. The first kappa shape index (κ1) is 15.4. The van der Waals surface area contributed by atoms with Gasteiger partial charge in [0.15, 0.2) is 17.5 Å². The van der Waals surface area contributed by atoms with Crippen LogP contribution >= 0.6 is 0 Å². The topological polar surface area (TPSA) is 62.5 Å². The molecule has 0 spiro atoms. The van der Waals surface area contributed by atoms with Crippen LogP contribution in [0.3, 0.4) is 0 Å². The van der Waals surface area contributed by atoms with Gasteiger partial charge in [0, 0.05) is 18.9 Å². The van der Waals surface area contributed by atoms with E-state index in [1.54, 1.807) is 29.1 Å². The number of hydrogen-bond donors (Lipinski definition) is 2. The Morgan fingerprint density at radius 2 is 1.91 bits per heavy atom. The van der Waals surface area contributed by atoms with Gasteiger partial charge in [-0.3, -0.25) is 4.40 Å². The molecule has 0 radical (unpaired) electrons. The van der Waals surface area contributed by atoms with Crippen molar-refractivity contribution in [3.05, 3.63) is 65.5 Å². The largest absolute Gasteiger partial charge is 0.394 e. The summed E-state index contributed by atoms with van der Waals surface area (Å²) < 4.78 is 41.4. The minimum Gasteiger partial charge on any atom is -0.394 e. The van der Waals surface area contributed by atoms with Crippen LogP contribution < -0.4 is 5.32 Å². The maximum Gasteiger partial charge on any atom is 0.233 e. The van der Waals surface area contributed by atoms with Crippen molar-refractivity contribution in [3.63, 3.8) is 0 Å². The monoisotopic (exact) mass is 322 g/mol. The third-order valence-corrected chi connectivity index (χ3v) is 3.49. The second kappa shape index (κ2) is 6.35. The number of halogens is 3. The van der Waals surface area contributed by atoms with Gasteiger partial charge >= 0.3 is 0 Å². The van der Waals surface area contributed by atoms with E-state index < -0.39 is 30.1 Å². The van der Waals surface area contributed by atoms with Crippen LogP contribution in [-0.4, -0.2) is 26.1 Å². The van der Waals surface area contributed by atoms with Crippen molar-refractivity contribution in [2.75, 3.05) is 6.61 Å².